The van der Waals surface area contributed by atoms with Gasteiger partial charge in [-0.2, -0.15) is 5.10 Å². The summed E-state index contributed by atoms with van der Waals surface area (Å²) in [5.74, 6) is 0. The van der Waals surface area contributed by atoms with Crippen LogP contribution in [0.4, 0.5) is 11.4 Å². The van der Waals surface area contributed by atoms with Gasteiger partial charge in [0.25, 0.3) is 0 Å². The van der Waals surface area contributed by atoms with Crippen molar-refractivity contribution < 1.29 is 0 Å². The summed E-state index contributed by atoms with van der Waals surface area (Å²) in [6.45, 7) is 2.27. The lowest BCUT2D eigenvalue weighted by molar-refractivity contribution is 0.534. The summed E-state index contributed by atoms with van der Waals surface area (Å²) in [6.07, 6.45) is 6.83. The van der Waals surface area contributed by atoms with Gasteiger partial charge in [0.2, 0.25) is 0 Å². The highest BCUT2D eigenvalue weighted by molar-refractivity contribution is 5.88. The zero-order valence-corrected chi connectivity index (χ0v) is 10.1. The van der Waals surface area contributed by atoms with Crippen molar-refractivity contribution in [3.63, 3.8) is 0 Å². The number of H-pyrrole nitrogens is 1. The average molecular weight is 230 g/mol. The summed E-state index contributed by atoms with van der Waals surface area (Å²) in [4.78, 5) is 0. The number of rotatable bonds is 2. The first-order chi connectivity index (χ1) is 8.16. The van der Waals surface area contributed by atoms with E-state index in [2.05, 4.69) is 28.5 Å². The Labute approximate surface area is 101 Å². The van der Waals surface area contributed by atoms with Gasteiger partial charge in [0.05, 0.1) is 23.1 Å². The number of anilines is 2. The third-order valence-corrected chi connectivity index (χ3v) is 3.75. The van der Waals surface area contributed by atoms with Crippen molar-refractivity contribution in [2.75, 3.05) is 11.1 Å². The zero-order chi connectivity index (χ0) is 11.9. The fourth-order valence-corrected chi connectivity index (χ4v) is 2.72. The van der Waals surface area contributed by atoms with Crippen LogP contribution in [0.1, 0.15) is 32.6 Å². The lowest BCUT2D eigenvalue weighted by Gasteiger charge is -2.27. The average Bonchev–Trinajstić information content (AvgIpc) is 2.88. The van der Waals surface area contributed by atoms with Gasteiger partial charge in [-0.15, -0.1) is 0 Å². The van der Waals surface area contributed by atoms with Crippen LogP contribution in [0.25, 0.3) is 10.9 Å². The molecule has 1 aliphatic carbocycles. The van der Waals surface area contributed by atoms with Crippen LogP contribution in [0.5, 0.6) is 0 Å². The lowest BCUT2D eigenvalue weighted by atomic mass is 10.00. The van der Waals surface area contributed by atoms with Gasteiger partial charge in [-0.25, -0.2) is 0 Å². The predicted octanol–water partition coefficient (Wildman–Crippen LogP) is 2.89. The molecule has 4 heteroatoms. The molecule has 1 heterocycles. The summed E-state index contributed by atoms with van der Waals surface area (Å²) in [6, 6.07) is 4.03. The first-order valence-electron chi connectivity index (χ1n) is 6.17. The number of nitrogens with one attached hydrogen (secondary N) is 2. The van der Waals surface area contributed by atoms with Gasteiger partial charge in [0.15, 0.2) is 0 Å². The molecule has 90 valence electrons. The second-order valence-electron chi connectivity index (χ2n) is 5.29. The van der Waals surface area contributed by atoms with Crippen molar-refractivity contribution in [2.24, 2.45) is 0 Å². The normalized spacial score (nSPS) is 18.6. The van der Waals surface area contributed by atoms with E-state index in [-0.39, 0.29) is 5.54 Å². The van der Waals surface area contributed by atoms with Gasteiger partial charge < -0.3 is 11.1 Å². The van der Waals surface area contributed by atoms with E-state index in [4.69, 9.17) is 5.73 Å². The number of hydrogen-bond donors (Lipinski definition) is 3. The number of aromatic nitrogens is 2. The molecule has 4 N–H and O–H groups in total. The van der Waals surface area contributed by atoms with Gasteiger partial charge in [0, 0.05) is 10.9 Å². The number of fused-ring (bicyclic) bond motifs is 1. The highest BCUT2D eigenvalue weighted by Gasteiger charge is 2.28. The van der Waals surface area contributed by atoms with E-state index in [0.717, 1.165) is 22.3 Å². The molecule has 0 radical (unpaired) electrons. The first-order valence-corrected chi connectivity index (χ1v) is 6.17. The van der Waals surface area contributed by atoms with Crippen LogP contribution in [0.15, 0.2) is 18.3 Å². The third kappa shape index (κ3) is 1.84. The number of aromatic amines is 1. The van der Waals surface area contributed by atoms with Gasteiger partial charge in [-0.05, 0) is 31.9 Å². The monoisotopic (exact) mass is 230 g/mol. The highest BCUT2D eigenvalue weighted by Crippen LogP contribution is 2.35. The SMILES string of the molecule is CC1(Nc2cc3[nH]ncc3cc2N)CCCC1. The third-order valence-electron chi connectivity index (χ3n) is 3.75. The van der Waals surface area contributed by atoms with Crippen LogP contribution in [-0.4, -0.2) is 15.7 Å². The molecule has 1 aliphatic rings. The summed E-state index contributed by atoms with van der Waals surface area (Å²) in [5.41, 5.74) is 9.12. The molecule has 1 fully saturated rings. The number of nitrogens with two attached hydrogens (primary N) is 1. The Bertz CT molecular complexity index is 537. The minimum atomic E-state index is 0.196. The maximum absolute atomic E-state index is 6.08. The Balaban J connectivity index is 1.96. The van der Waals surface area contributed by atoms with E-state index in [1.165, 1.54) is 25.7 Å². The van der Waals surface area contributed by atoms with E-state index < -0.39 is 0 Å². The molecule has 2 aromatic rings. The highest BCUT2D eigenvalue weighted by atomic mass is 15.1. The largest absolute Gasteiger partial charge is 0.397 e. The van der Waals surface area contributed by atoms with Crippen LogP contribution in [0, 0.1) is 0 Å². The molecule has 0 bridgehead atoms. The van der Waals surface area contributed by atoms with Crippen LogP contribution < -0.4 is 11.1 Å². The maximum atomic E-state index is 6.08. The molecule has 0 aliphatic heterocycles. The molecule has 0 spiro atoms. The van der Waals surface area contributed by atoms with Gasteiger partial charge in [-0.1, -0.05) is 12.8 Å². The lowest BCUT2D eigenvalue weighted by Crippen LogP contribution is -2.31. The number of nitrogens with zero attached hydrogens (tertiary/aromatic N) is 1. The van der Waals surface area contributed by atoms with Crippen LogP contribution in [0.2, 0.25) is 0 Å². The molecular formula is C13H18N4. The Morgan fingerprint density at radius 1 is 1.35 bits per heavy atom. The zero-order valence-electron chi connectivity index (χ0n) is 10.1. The first kappa shape index (κ1) is 10.4. The Morgan fingerprint density at radius 3 is 2.88 bits per heavy atom. The summed E-state index contributed by atoms with van der Waals surface area (Å²) >= 11 is 0. The minimum absolute atomic E-state index is 0.196. The van der Waals surface area contributed by atoms with Crippen LogP contribution in [-0.2, 0) is 0 Å². The summed E-state index contributed by atoms with van der Waals surface area (Å²) in [7, 11) is 0. The topological polar surface area (TPSA) is 66.7 Å². The molecule has 0 atom stereocenters. The van der Waals surface area contributed by atoms with Crippen molar-refractivity contribution in [1.29, 1.82) is 0 Å². The molecule has 0 saturated heterocycles. The molecule has 3 rings (SSSR count). The quantitative estimate of drug-likeness (QED) is 0.695. The molecule has 1 aromatic carbocycles. The van der Waals surface area contributed by atoms with Gasteiger partial charge in [-0.3, -0.25) is 5.10 Å². The van der Waals surface area contributed by atoms with Gasteiger partial charge >= 0.3 is 0 Å². The molecule has 1 saturated carbocycles. The van der Waals surface area contributed by atoms with Crippen molar-refractivity contribution in [3.05, 3.63) is 18.3 Å². The number of hydrogen-bond acceptors (Lipinski definition) is 3. The van der Waals surface area contributed by atoms with Crippen LogP contribution >= 0.6 is 0 Å². The van der Waals surface area contributed by atoms with E-state index in [1.807, 2.05) is 6.07 Å². The van der Waals surface area contributed by atoms with E-state index in [1.54, 1.807) is 6.20 Å². The van der Waals surface area contributed by atoms with E-state index in [0.29, 0.717) is 0 Å². The Kier molecular flexibility index (Phi) is 2.24. The second-order valence-corrected chi connectivity index (χ2v) is 5.29. The van der Waals surface area contributed by atoms with Gasteiger partial charge in [0.1, 0.15) is 0 Å². The predicted molar refractivity (Wildman–Crippen MR) is 71.0 cm³/mol. The standard InChI is InChI=1S/C13H18N4/c1-13(4-2-3-5-13)16-12-7-11-9(6-10(12)14)8-15-17-11/h6-8,16H,2-5,14H2,1H3,(H,15,17). The molecular weight excluding hydrogens is 212 g/mol. The summed E-state index contributed by atoms with van der Waals surface area (Å²) in [5, 5.41) is 11.7. The molecule has 0 unspecified atom stereocenters. The fourth-order valence-electron chi connectivity index (χ4n) is 2.72. The minimum Gasteiger partial charge on any atom is -0.397 e. The molecule has 4 nitrogen and oxygen atoms in total. The van der Waals surface area contributed by atoms with E-state index in [9.17, 15) is 0 Å². The smallest absolute Gasteiger partial charge is 0.0672 e. The van der Waals surface area contributed by atoms with Crippen molar-refractivity contribution >= 4 is 22.3 Å². The summed E-state index contributed by atoms with van der Waals surface area (Å²) < 4.78 is 0. The maximum Gasteiger partial charge on any atom is 0.0672 e. The second kappa shape index (κ2) is 3.65. The fraction of sp³-hybridized carbons (Fsp3) is 0.462. The number of benzene rings is 1. The van der Waals surface area contributed by atoms with Crippen LogP contribution in [0.3, 0.4) is 0 Å². The Hall–Kier alpha value is -1.71. The van der Waals surface area contributed by atoms with Crippen molar-refractivity contribution in [1.82, 2.24) is 10.2 Å². The molecule has 0 amide bonds. The molecule has 17 heavy (non-hydrogen) atoms. The molecule has 1 aromatic heterocycles. The van der Waals surface area contributed by atoms with Crippen molar-refractivity contribution in [2.45, 2.75) is 38.1 Å². The van der Waals surface area contributed by atoms with E-state index >= 15 is 0 Å². The number of nitrogen functional groups attached to an aromatic ring is 1. The Morgan fingerprint density at radius 2 is 2.12 bits per heavy atom. The van der Waals surface area contributed by atoms with Crippen molar-refractivity contribution in [3.8, 4) is 0 Å².